The third kappa shape index (κ3) is 2.00. The smallest absolute Gasteiger partial charge is 0.238 e. The predicted molar refractivity (Wildman–Crippen MR) is 104 cm³/mol. The van der Waals surface area contributed by atoms with Crippen LogP contribution < -0.4 is 4.90 Å². The summed E-state index contributed by atoms with van der Waals surface area (Å²) in [6.45, 7) is 0. The second-order valence-corrected chi connectivity index (χ2v) is 8.48. The zero-order chi connectivity index (χ0) is 19.0. The minimum atomic E-state index is -0.293. The predicted octanol–water partition coefficient (Wildman–Crippen LogP) is 3.51. The van der Waals surface area contributed by atoms with Gasteiger partial charge in [0.25, 0.3) is 0 Å². The first-order valence-electron chi connectivity index (χ1n) is 9.57. The molecule has 1 saturated heterocycles. The molecule has 4 aliphatic rings. The van der Waals surface area contributed by atoms with Crippen molar-refractivity contribution < 1.29 is 14.4 Å². The number of nitrogens with zero attached hydrogens (tertiary/aromatic N) is 2. The highest BCUT2D eigenvalue weighted by molar-refractivity contribution is 6.30. The average Bonchev–Trinajstić information content (AvgIpc) is 3.44. The molecule has 6 rings (SSSR count). The van der Waals surface area contributed by atoms with E-state index in [9.17, 15) is 9.59 Å². The zero-order valence-electron chi connectivity index (χ0n) is 14.9. The first-order chi connectivity index (χ1) is 13.6. The standard InChI is InChI=1S/C22H17ClN2O3/c23-12-8-6-11(7-9-12)19-18-14-10-15(20(18)28-24-19)17-16(14)21(26)25(22(17)27)13-4-2-1-3-5-13/h1-9,14-18,20H,10H2. The first-order valence-corrected chi connectivity index (χ1v) is 9.95. The van der Waals surface area contributed by atoms with Gasteiger partial charge in [-0.1, -0.05) is 47.1 Å². The second-order valence-electron chi connectivity index (χ2n) is 8.04. The Morgan fingerprint density at radius 2 is 1.57 bits per heavy atom. The summed E-state index contributed by atoms with van der Waals surface area (Å²) in [6, 6.07) is 16.8. The maximum Gasteiger partial charge on any atom is 0.238 e. The molecule has 3 fully saturated rings. The van der Waals surface area contributed by atoms with Crippen molar-refractivity contribution in [2.75, 3.05) is 4.90 Å². The van der Waals surface area contributed by atoms with E-state index in [1.54, 1.807) is 0 Å². The highest BCUT2D eigenvalue weighted by Gasteiger charge is 2.70. The van der Waals surface area contributed by atoms with Crippen LogP contribution in [0.2, 0.25) is 5.02 Å². The lowest BCUT2D eigenvalue weighted by Gasteiger charge is -2.29. The molecule has 5 nitrogen and oxygen atoms in total. The lowest BCUT2D eigenvalue weighted by Crippen LogP contribution is -2.41. The van der Waals surface area contributed by atoms with Gasteiger partial charge < -0.3 is 4.84 Å². The maximum atomic E-state index is 13.3. The Morgan fingerprint density at radius 3 is 2.29 bits per heavy atom. The Balaban J connectivity index is 1.36. The van der Waals surface area contributed by atoms with Crippen LogP contribution in [0.15, 0.2) is 59.8 Å². The van der Waals surface area contributed by atoms with E-state index in [2.05, 4.69) is 5.16 Å². The molecule has 2 amide bonds. The van der Waals surface area contributed by atoms with E-state index in [0.29, 0.717) is 10.7 Å². The minimum Gasteiger partial charge on any atom is -0.391 e. The molecule has 2 aromatic carbocycles. The van der Waals surface area contributed by atoms with Crippen LogP contribution in [0.3, 0.4) is 0 Å². The lowest BCUT2D eigenvalue weighted by atomic mass is 9.71. The number of hydrogen-bond donors (Lipinski definition) is 0. The van der Waals surface area contributed by atoms with Crippen molar-refractivity contribution in [1.29, 1.82) is 0 Å². The molecule has 6 atom stereocenters. The van der Waals surface area contributed by atoms with E-state index >= 15 is 0 Å². The van der Waals surface area contributed by atoms with Crippen molar-refractivity contribution >= 4 is 34.8 Å². The van der Waals surface area contributed by atoms with E-state index in [0.717, 1.165) is 17.7 Å². The zero-order valence-corrected chi connectivity index (χ0v) is 15.6. The van der Waals surface area contributed by atoms with E-state index in [1.165, 1.54) is 4.90 Å². The van der Waals surface area contributed by atoms with Crippen molar-refractivity contribution in [1.82, 2.24) is 0 Å². The molecule has 0 aromatic heterocycles. The number of hydrogen-bond acceptors (Lipinski definition) is 4. The van der Waals surface area contributed by atoms with Gasteiger partial charge in [0.15, 0.2) is 0 Å². The van der Waals surface area contributed by atoms with Crippen LogP contribution in [0.4, 0.5) is 5.69 Å². The van der Waals surface area contributed by atoms with Crippen LogP contribution >= 0.6 is 11.6 Å². The second kappa shape index (κ2) is 5.67. The van der Waals surface area contributed by atoms with Crippen LogP contribution in [0, 0.1) is 29.6 Å². The highest BCUT2D eigenvalue weighted by Crippen LogP contribution is 2.62. The van der Waals surface area contributed by atoms with E-state index in [-0.39, 0.29) is 47.5 Å². The van der Waals surface area contributed by atoms with Gasteiger partial charge in [-0.3, -0.25) is 14.5 Å². The van der Waals surface area contributed by atoms with Crippen molar-refractivity contribution in [2.24, 2.45) is 34.7 Å². The number of para-hydroxylation sites is 1. The molecule has 28 heavy (non-hydrogen) atoms. The van der Waals surface area contributed by atoms with E-state index < -0.39 is 0 Å². The van der Waals surface area contributed by atoms with Crippen molar-refractivity contribution in [2.45, 2.75) is 12.5 Å². The summed E-state index contributed by atoms with van der Waals surface area (Å²) in [4.78, 5) is 33.6. The summed E-state index contributed by atoms with van der Waals surface area (Å²) in [5, 5.41) is 5.02. The van der Waals surface area contributed by atoms with Gasteiger partial charge in [-0.05, 0) is 42.2 Å². The van der Waals surface area contributed by atoms with Gasteiger partial charge in [-0.2, -0.15) is 0 Å². The molecule has 0 spiro atoms. The summed E-state index contributed by atoms with van der Waals surface area (Å²) in [5.41, 5.74) is 2.51. The van der Waals surface area contributed by atoms with Crippen molar-refractivity contribution in [3.63, 3.8) is 0 Å². The van der Waals surface area contributed by atoms with Crippen LogP contribution in [-0.4, -0.2) is 23.6 Å². The molecule has 2 aromatic rings. The van der Waals surface area contributed by atoms with Crippen molar-refractivity contribution in [3.05, 3.63) is 65.2 Å². The molecule has 2 heterocycles. The number of rotatable bonds is 2. The van der Waals surface area contributed by atoms with Crippen LogP contribution in [0.25, 0.3) is 0 Å². The normalized spacial score (nSPS) is 35.0. The van der Waals surface area contributed by atoms with E-state index in [1.807, 2.05) is 54.6 Å². The van der Waals surface area contributed by atoms with Gasteiger partial charge in [0, 0.05) is 16.9 Å². The fourth-order valence-electron chi connectivity index (χ4n) is 5.82. The Morgan fingerprint density at radius 1 is 0.893 bits per heavy atom. The molecule has 0 N–H and O–H groups in total. The maximum absolute atomic E-state index is 13.3. The number of benzene rings is 2. The average molecular weight is 393 g/mol. The molecule has 0 radical (unpaired) electrons. The first kappa shape index (κ1) is 16.3. The molecule has 140 valence electrons. The SMILES string of the molecule is O=C1C2C3CC(C4C(c5ccc(Cl)cc5)=NOC34)C2C(=O)N1c1ccccc1. The summed E-state index contributed by atoms with van der Waals surface area (Å²) in [7, 11) is 0. The van der Waals surface area contributed by atoms with Crippen molar-refractivity contribution in [3.8, 4) is 0 Å². The minimum absolute atomic E-state index is 0.0405. The number of imide groups is 1. The van der Waals surface area contributed by atoms with Crippen LogP contribution in [0.1, 0.15) is 12.0 Å². The largest absolute Gasteiger partial charge is 0.391 e. The third-order valence-corrected chi connectivity index (χ3v) is 7.10. The fourth-order valence-corrected chi connectivity index (χ4v) is 5.94. The summed E-state index contributed by atoms with van der Waals surface area (Å²) < 4.78 is 0. The molecule has 6 unspecified atom stereocenters. The molecular weight excluding hydrogens is 376 g/mol. The Bertz CT molecular complexity index is 1020. The van der Waals surface area contributed by atoms with E-state index in [4.69, 9.17) is 16.4 Å². The number of fused-ring (bicyclic) bond motifs is 8. The quantitative estimate of drug-likeness (QED) is 0.735. The number of amides is 2. The molecule has 2 aliphatic heterocycles. The van der Waals surface area contributed by atoms with Gasteiger partial charge in [-0.15, -0.1) is 0 Å². The monoisotopic (exact) mass is 392 g/mol. The number of anilines is 1. The summed E-state index contributed by atoms with van der Waals surface area (Å²) >= 11 is 6.02. The van der Waals surface area contributed by atoms with Crippen LogP contribution in [-0.2, 0) is 14.4 Å². The fraction of sp³-hybridized carbons (Fsp3) is 0.318. The Kier molecular flexibility index (Phi) is 3.30. The number of oxime groups is 1. The Labute approximate surface area is 166 Å². The van der Waals surface area contributed by atoms with Gasteiger partial charge in [0.2, 0.25) is 11.8 Å². The highest BCUT2D eigenvalue weighted by atomic mass is 35.5. The summed E-state index contributed by atoms with van der Waals surface area (Å²) in [6.07, 6.45) is 0.724. The van der Waals surface area contributed by atoms with Gasteiger partial charge in [0.05, 0.1) is 23.2 Å². The van der Waals surface area contributed by atoms with Gasteiger partial charge in [0.1, 0.15) is 6.10 Å². The van der Waals surface area contributed by atoms with Gasteiger partial charge >= 0.3 is 0 Å². The number of carbonyl (C=O) groups excluding carboxylic acids is 2. The topological polar surface area (TPSA) is 59.0 Å². The number of carbonyl (C=O) groups is 2. The lowest BCUT2D eigenvalue weighted by molar-refractivity contribution is -0.125. The summed E-state index contributed by atoms with van der Waals surface area (Å²) in [5.74, 6) is -0.553. The third-order valence-electron chi connectivity index (χ3n) is 6.84. The molecule has 2 aliphatic carbocycles. The molecule has 2 bridgehead atoms. The molecular formula is C22H17ClN2O3. The molecule has 6 heteroatoms. The Hall–Kier alpha value is -2.66. The molecule has 2 saturated carbocycles. The number of halogens is 1. The van der Waals surface area contributed by atoms with Crippen LogP contribution in [0.5, 0.6) is 0 Å². The van der Waals surface area contributed by atoms with Gasteiger partial charge in [-0.25, -0.2) is 0 Å².